The minimum atomic E-state index is -0.660. The SMILES string of the molecule is Cn1c(=O)c2c(nc([N+](=O)[O-])n2Cc2ccccc2)n(C)c1=O. The molecule has 0 saturated heterocycles. The summed E-state index contributed by atoms with van der Waals surface area (Å²) in [5.74, 6) is -0.470. The second kappa shape index (κ2) is 5.20. The van der Waals surface area contributed by atoms with Crippen molar-refractivity contribution in [2.24, 2.45) is 14.1 Å². The van der Waals surface area contributed by atoms with Gasteiger partial charge in [0.25, 0.3) is 11.2 Å². The second-order valence-electron chi connectivity index (χ2n) is 5.12. The lowest BCUT2D eigenvalue weighted by Crippen LogP contribution is -2.37. The number of nitrogens with zero attached hydrogens (tertiary/aromatic N) is 5. The van der Waals surface area contributed by atoms with E-state index in [2.05, 4.69) is 4.98 Å². The molecule has 9 nitrogen and oxygen atoms in total. The van der Waals surface area contributed by atoms with E-state index in [-0.39, 0.29) is 17.7 Å². The average molecular weight is 315 g/mol. The Labute approximate surface area is 129 Å². The number of benzene rings is 1. The van der Waals surface area contributed by atoms with Crippen molar-refractivity contribution in [1.29, 1.82) is 0 Å². The van der Waals surface area contributed by atoms with E-state index in [0.29, 0.717) is 0 Å². The Morgan fingerprint density at radius 1 is 1.13 bits per heavy atom. The van der Waals surface area contributed by atoms with Gasteiger partial charge in [0.2, 0.25) is 5.52 Å². The zero-order valence-corrected chi connectivity index (χ0v) is 12.5. The molecular weight excluding hydrogens is 302 g/mol. The summed E-state index contributed by atoms with van der Waals surface area (Å²) in [5.41, 5.74) is -0.377. The van der Waals surface area contributed by atoms with Crippen LogP contribution in [0.15, 0.2) is 39.9 Å². The molecule has 0 aliphatic rings. The van der Waals surface area contributed by atoms with E-state index in [4.69, 9.17) is 0 Å². The van der Waals surface area contributed by atoms with Gasteiger partial charge < -0.3 is 10.1 Å². The van der Waals surface area contributed by atoms with Crippen LogP contribution in [0.4, 0.5) is 5.95 Å². The first kappa shape index (κ1) is 14.7. The number of hydrogen-bond acceptors (Lipinski definition) is 5. The maximum Gasteiger partial charge on any atom is 0.437 e. The highest BCUT2D eigenvalue weighted by Crippen LogP contribution is 2.19. The summed E-state index contributed by atoms with van der Waals surface area (Å²) in [6, 6.07) is 9.01. The summed E-state index contributed by atoms with van der Waals surface area (Å²) in [5, 5.41) is 11.3. The number of hydrogen-bond donors (Lipinski definition) is 0. The van der Waals surface area contributed by atoms with Crippen molar-refractivity contribution in [1.82, 2.24) is 18.7 Å². The molecule has 2 heterocycles. The standard InChI is InChI=1S/C14H13N5O4/c1-16-11-10(12(20)17(2)14(16)21)18(13(15-11)19(22)23)8-9-6-4-3-5-7-9/h3-7H,8H2,1-2H3. The Kier molecular flexibility index (Phi) is 3.32. The molecule has 0 amide bonds. The third kappa shape index (κ3) is 2.22. The number of aromatic nitrogens is 4. The van der Waals surface area contributed by atoms with Crippen molar-refractivity contribution >= 4 is 17.1 Å². The number of nitro groups is 1. The van der Waals surface area contributed by atoms with Gasteiger partial charge in [0.05, 0.1) is 6.54 Å². The Morgan fingerprint density at radius 2 is 1.78 bits per heavy atom. The lowest BCUT2D eigenvalue weighted by Gasteiger charge is -2.04. The fourth-order valence-corrected chi connectivity index (χ4v) is 2.49. The maximum absolute atomic E-state index is 12.4. The van der Waals surface area contributed by atoms with Gasteiger partial charge in [0.15, 0.2) is 0 Å². The molecule has 0 bridgehead atoms. The van der Waals surface area contributed by atoms with Gasteiger partial charge in [0, 0.05) is 14.1 Å². The summed E-state index contributed by atoms with van der Waals surface area (Å²) in [7, 11) is 2.75. The molecule has 0 saturated carbocycles. The lowest BCUT2D eigenvalue weighted by molar-refractivity contribution is -0.396. The van der Waals surface area contributed by atoms with Crippen LogP contribution >= 0.6 is 0 Å². The van der Waals surface area contributed by atoms with E-state index in [1.807, 2.05) is 6.07 Å². The summed E-state index contributed by atoms with van der Waals surface area (Å²) >= 11 is 0. The predicted molar refractivity (Wildman–Crippen MR) is 82.4 cm³/mol. The minimum absolute atomic E-state index is 0.000677. The molecule has 3 aromatic rings. The van der Waals surface area contributed by atoms with Crippen molar-refractivity contribution in [2.75, 3.05) is 0 Å². The van der Waals surface area contributed by atoms with Crippen LogP contribution < -0.4 is 11.2 Å². The van der Waals surface area contributed by atoms with Crippen LogP contribution in [0.3, 0.4) is 0 Å². The normalized spacial score (nSPS) is 11.0. The van der Waals surface area contributed by atoms with E-state index in [1.54, 1.807) is 24.3 Å². The predicted octanol–water partition coefficient (Wildman–Crippen LogP) is 0.390. The van der Waals surface area contributed by atoms with E-state index in [9.17, 15) is 19.7 Å². The van der Waals surface area contributed by atoms with Crippen molar-refractivity contribution in [3.8, 4) is 0 Å². The molecular formula is C14H13N5O4. The van der Waals surface area contributed by atoms with E-state index < -0.39 is 22.1 Å². The summed E-state index contributed by atoms with van der Waals surface area (Å²) in [6.07, 6.45) is 0. The topological polar surface area (TPSA) is 105 Å². The van der Waals surface area contributed by atoms with Gasteiger partial charge >= 0.3 is 11.6 Å². The molecule has 0 aliphatic heterocycles. The highest BCUT2D eigenvalue weighted by molar-refractivity contribution is 5.73. The molecule has 2 aromatic heterocycles. The Hall–Kier alpha value is -3.23. The molecule has 23 heavy (non-hydrogen) atoms. The molecule has 0 N–H and O–H groups in total. The summed E-state index contributed by atoms with van der Waals surface area (Å²) in [4.78, 5) is 38.9. The lowest BCUT2D eigenvalue weighted by atomic mass is 10.2. The van der Waals surface area contributed by atoms with E-state index >= 15 is 0 Å². The number of fused-ring (bicyclic) bond motifs is 1. The monoisotopic (exact) mass is 315 g/mol. The largest absolute Gasteiger partial charge is 0.437 e. The van der Waals surface area contributed by atoms with Gasteiger partial charge in [0.1, 0.15) is 0 Å². The fraction of sp³-hybridized carbons (Fsp3) is 0.214. The molecule has 0 spiro atoms. The first-order valence-corrected chi connectivity index (χ1v) is 6.76. The van der Waals surface area contributed by atoms with Gasteiger partial charge in [-0.1, -0.05) is 30.3 Å². The van der Waals surface area contributed by atoms with Crippen molar-refractivity contribution in [3.63, 3.8) is 0 Å². The van der Waals surface area contributed by atoms with Gasteiger partial charge in [-0.25, -0.2) is 9.36 Å². The second-order valence-corrected chi connectivity index (χ2v) is 5.12. The molecule has 0 atom stereocenters. The molecule has 3 rings (SSSR count). The Balaban J connectivity index is 2.39. The van der Waals surface area contributed by atoms with Gasteiger partial charge in [-0.3, -0.25) is 13.9 Å². The van der Waals surface area contributed by atoms with Crippen LogP contribution in [0.1, 0.15) is 5.56 Å². The Bertz CT molecular complexity index is 1030. The third-order valence-corrected chi connectivity index (χ3v) is 3.67. The summed E-state index contributed by atoms with van der Waals surface area (Å²) in [6.45, 7) is 0.112. The Morgan fingerprint density at radius 3 is 2.39 bits per heavy atom. The van der Waals surface area contributed by atoms with Crippen molar-refractivity contribution in [2.45, 2.75) is 6.54 Å². The molecule has 0 aliphatic carbocycles. The molecule has 118 valence electrons. The zero-order chi connectivity index (χ0) is 16.7. The maximum atomic E-state index is 12.4. The van der Waals surface area contributed by atoms with Crippen LogP contribution in [-0.4, -0.2) is 23.6 Å². The average Bonchev–Trinajstić information content (AvgIpc) is 2.91. The third-order valence-electron chi connectivity index (χ3n) is 3.67. The molecule has 0 unspecified atom stereocenters. The van der Waals surface area contributed by atoms with Crippen molar-refractivity contribution < 1.29 is 4.92 Å². The first-order chi connectivity index (χ1) is 10.9. The highest BCUT2D eigenvalue weighted by atomic mass is 16.6. The quantitative estimate of drug-likeness (QED) is 0.513. The van der Waals surface area contributed by atoms with Gasteiger partial charge in [-0.2, -0.15) is 0 Å². The summed E-state index contributed by atoms with van der Waals surface area (Å²) < 4.78 is 3.27. The molecule has 9 heteroatoms. The van der Waals surface area contributed by atoms with Crippen molar-refractivity contribution in [3.05, 3.63) is 66.8 Å². The highest BCUT2D eigenvalue weighted by Gasteiger charge is 2.28. The zero-order valence-electron chi connectivity index (χ0n) is 12.5. The van der Waals surface area contributed by atoms with Gasteiger partial charge in [-0.05, 0) is 15.5 Å². The van der Waals surface area contributed by atoms with E-state index in [0.717, 1.165) is 14.7 Å². The molecule has 0 fully saturated rings. The molecule has 0 radical (unpaired) electrons. The minimum Gasteiger partial charge on any atom is -0.390 e. The molecule has 1 aromatic carbocycles. The van der Waals surface area contributed by atoms with Crippen LogP contribution in [0.2, 0.25) is 0 Å². The van der Waals surface area contributed by atoms with Gasteiger partial charge in [-0.15, -0.1) is 0 Å². The number of imidazole rings is 1. The van der Waals surface area contributed by atoms with Crippen LogP contribution in [-0.2, 0) is 20.6 Å². The fourth-order valence-electron chi connectivity index (χ4n) is 2.49. The number of rotatable bonds is 3. The smallest absolute Gasteiger partial charge is 0.390 e. The first-order valence-electron chi connectivity index (χ1n) is 6.76. The van der Waals surface area contributed by atoms with Crippen LogP contribution in [0, 0.1) is 10.1 Å². The van der Waals surface area contributed by atoms with E-state index in [1.165, 1.54) is 18.7 Å². The van der Waals surface area contributed by atoms with Crippen LogP contribution in [0.25, 0.3) is 11.2 Å². The number of aryl methyl sites for hydroxylation is 1. The van der Waals surface area contributed by atoms with Crippen LogP contribution in [0.5, 0.6) is 0 Å².